The zero-order valence-electron chi connectivity index (χ0n) is 12.3. The van der Waals surface area contributed by atoms with Crippen LogP contribution in [0.15, 0.2) is 78.9 Å². The zero-order chi connectivity index (χ0) is 15.0. The van der Waals surface area contributed by atoms with E-state index < -0.39 is 5.41 Å². The molecule has 0 N–H and O–H groups in total. The number of benzene rings is 2. The summed E-state index contributed by atoms with van der Waals surface area (Å²) in [6.07, 6.45) is 9.83. The highest BCUT2D eigenvalue weighted by Gasteiger charge is 2.23. The third-order valence-electron chi connectivity index (χ3n) is 3.57. The molecule has 21 heavy (non-hydrogen) atoms. The van der Waals surface area contributed by atoms with Crippen LogP contribution in [-0.2, 0) is 10.2 Å². The summed E-state index contributed by atoms with van der Waals surface area (Å²) in [6, 6.07) is 20.1. The molecule has 0 aromatic heterocycles. The van der Waals surface area contributed by atoms with Gasteiger partial charge in [0.25, 0.3) is 0 Å². The number of allylic oxidation sites excluding steroid dienone is 3. The maximum atomic E-state index is 11.5. The van der Waals surface area contributed by atoms with Crippen molar-refractivity contribution in [2.75, 3.05) is 0 Å². The van der Waals surface area contributed by atoms with Gasteiger partial charge in [-0.25, -0.2) is 0 Å². The first kappa shape index (κ1) is 15.0. The summed E-state index contributed by atoms with van der Waals surface area (Å²) in [6.45, 7) is 1.97. The summed E-state index contributed by atoms with van der Waals surface area (Å²) in [5.74, 6) is 0. The van der Waals surface area contributed by atoms with Crippen LogP contribution < -0.4 is 0 Å². The predicted molar refractivity (Wildman–Crippen MR) is 89.1 cm³/mol. The molecule has 1 nitrogen and oxygen atoms in total. The van der Waals surface area contributed by atoms with Gasteiger partial charge in [-0.1, -0.05) is 85.0 Å². The maximum absolute atomic E-state index is 11.5. The Labute approximate surface area is 126 Å². The van der Waals surface area contributed by atoms with E-state index in [1.165, 1.54) is 5.56 Å². The molecule has 106 valence electrons. The van der Waals surface area contributed by atoms with Gasteiger partial charge in [0, 0.05) is 0 Å². The Morgan fingerprint density at radius 2 is 1.52 bits per heavy atom. The standard InChI is InChI=1S/C20H20O/c1-20(17-21,19-14-8-3-9-15-19)16-10-4-7-13-18-11-5-2-6-12-18/h2-15,17H,16H2,1H3/b10-4?,13-7+/t20-/m1/s1. The van der Waals surface area contributed by atoms with E-state index >= 15 is 0 Å². The fourth-order valence-corrected chi connectivity index (χ4v) is 2.18. The van der Waals surface area contributed by atoms with E-state index in [2.05, 4.69) is 18.2 Å². The highest BCUT2D eigenvalue weighted by molar-refractivity contribution is 5.68. The van der Waals surface area contributed by atoms with Gasteiger partial charge in [-0.2, -0.15) is 0 Å². The molecule has 0 heterocycles. The summed E-state index contributed by atoms with van der Waals surface area (Å²) in [7, 11) is 0. The molecule has 0 spiro atoms. The molecular formula is C20H20O. The summed E-state index contributed by atoms with van der Waals surface area (Å²) in [4.78, 5) is 11.5. The van der Waals surface area contributed by atoms with Gasteiger partial charge in [0.05, 0.1) is 5.41 Å². The Kier molecular flexibility index (Phi) is 5.28. The van der Waals surface area contributed by atoms with Crippen LogP contribution >= 0.6 is 0 Å². The minimum Gasteiger partial charge on any atom is -0.302 e. The molecule has 0 radical (unpaired) electrons. The molecule has 0 fully saturated rings. The van der Waals surface area contributed by atoms with Crippen molar-refractivity contribution < 1.29 is 4.79 Å². The molecule has 1 atom stereocenters. The quantitative estimate of drug-likeness (QED) is 0.547. The minimum absolute atomic E-state index is 0.460. The highest BCUT2D eigenvalue weighted by Crippen LogP contribution is 2.25. The number of carbonyl (C=O) groups excluding carboxylic acids is 1. The number of carbonyl (C=O) groups is 1. The number of rotatable bonds is 6. The van der Waals surface area contributed by atoms with E-state index in [9.17, 15) is 4.79 Å². The largest absolute Gasteiger partial charge is 0.302 e. The second-order valence-corrected chi connectivity index (χ2v) is 5.30. The van der Waals surface area contributed by atoms with Crippen LogP contribution in [0.2, 0.25) is 0 Å². The molecule has 1 heteroatoms. The van der Waals surface area contributed by atoms with Crippen molar-refractivity contribution in [1.29, 1.82) is 0 Å². The van der Waals surface area contributed by atoms with E-state index in [1.807, 2.05) is 73.7 Å². The van der Waals surface area contributed by atoms with E-state index in [0.717, 1.165) is 11.8 Å². The fraction of sp³-hybridized carbons (Fsp3) is 0.150. The lowest BCUT2D eigenvalue weighted by molar-refractivity contribution is -0.112. The van der Waals surface area contributed by atoms with Gasteiger partial charge in [-0.3, -0.25) is 0 Å². The highest BCUT2D eigenvalue weighted by atomic mass is 16.1. The van der Waals surface area contributed by atoms with Crippen molar-refractivity contribution in [3.05, 3.63) is 90.0 Å². The first-order valence-electron chi connectivity index (χ1n) is 7.15. The monoisotopic (exact) mass is 276 g/mol. The summed E-state index contributed by atoms with van der Waals surface area (Å²) in [5.41, 5.74) is 1.76. The van der Waals surface area contributed by atoms with Gasteiger partial charge in [0.1, 0.15) is 6.29 Å². The summed E-state index contributed by atoms with van der Waals surface area (Å²) < 4.78 is 0. The Bertz CT molecular complexity index is 611. The molecule has 2 rings (SSSR count). The second-order valence-electron chi connectivity index (χ2n) is 5.30. The van der Waals surface area contributed by atoms with E-state index in [4.69, 9.17) is 0 Å². The topological polar surface area (TPSA) is 17.1 Å². The van der Waals surface area contributed by atoms with Crippen molar-refractivity contribution in [2.45, 2.75) is 18.8 Å². The molecule has 0 saturated carbocycles. The van der Waals surface area contributed by atoms with Crippen LogP contribution in [0.1, 0.15) is 24.5 Å². The Morgan fingerprint density at radius 1 is 0.905 bits per heavy atom. The van der Waals surface area contributed by atoms with Crippen molar-refractivity contribution in [2.24, 2.45) is 0 Å². The lowest BCUT2D eigenvalue weighted by Crippen LogP contribution is -2.22. The summed E-state index contributed by atoms with van der Waals surface area (Å²) in [5, 5.41) is 0. The van der Waals surface area contributed by atoms with E-state index in [0.29, 0.717) is 6.42 Å². The van der Waals surface area contributed by atoms with Gasteiger partial charge in [0.2, 0.25) is 0 Å². The molecule has 0 aliphatic rings. The maximum Gasteiger partial charge on any atom is 0.130 e. The lowest BCUT2D eigenvalue weighted by atomic mass is 9.81. The number of aldehydes is 1. The molecule has 0 bridgehead atoms. The SMILES string of the molecule is C[C@](C=O)(CC=C/C=C/c1ccccc1)c1ccccc1. The summed E-state index contributed by atoms with van der Waals surface area (Å²) >= 11 is 0. The average molecular weight is 276 g/mol. The number of hydrogen-bond donors (Lipinski definition) is 0. The molecule has 2 aromatic carbocycles. The van der Waals surface area contributed by atoms with Crippen molar-refractivity contribution in [3.8, 4) is 0 Å². The molecule has 0 saturated heterocycles. The molecular weight excluding hydrogens is 256 g/mol. The normalized spacial score (nSPS) is 14.3. The Morgan fingerprint density at radius 3 is 2.14 bits per heavy atom. The molecule has 0 amide bonds. The zero-order valence-corrected chi connectivity index (χ0v) is 12.3. The van der Waals surface area contributed by atoms with Gasteiger partial charge in [0.15, 0.2) is 0 Å². The molecule has 0 aliphatic heterocycles. The van der Waals surface area contributed by atoms with Crippen LogP contribution in [0, 0.1) is 0 Å². The molecule has 0 aliphatic carbocycles. The van der Waals surface area contributed by atoms with Crippen molar-refractivity contribution in [1.82, 2.24) is 0 Å². The average Bonchev–Trinajstić information content (AvgIpc) is 2.56. The Balaban J connectivity index is 1.99. The fourth-order valence-electron chi connectivity index (χ4n) is 2.18. The van der Waals surface area contributed by atoms with Gasteiger partial charge >= 0.3 is 0 Å². The van der Waals surface area contributed by atoms with Crippen LogP contribution in [0.4, 0.5) is 0 Å². The van der Waals surface area contributed by atoms with Crippen LogP contribution in [-0.4, -0.2) is 6.29 Å². The lowest BCUT2D eigenvalue weighted by Gasteiger charge is -2.21. The first-order valence-corrected chi connectivity index (χ1v) is 7.15. The minimum atomic E-state index is -0.460. The van der Waals surface area contributed by atoms with E-state index in [1.54, 1.807) is 0 Å². The van der Waals surface area contributed by atoms with Crippen molar-refractivity contribution in [3.63, 3.8) is 0 Å². The predicted octanol–water partition coefficient (Wildman–Crippen LogP) is 4.80. The smallest absolute Gasteiger partial charge is 0.130 e. The second kappa shape index (κ2) is 7.39. The van der Waals surface area contributed by atoms with Gasteiger partial charge in [-0.05, 0) is 24.5 Å². The van der Waals surface area contributed by atoms with Crippen LogP contribution in [0.25, 0.3) is 6.08 Å². The Hall–Kier alpha value is -2.41. The van der Waals surface area contributed by atoms with Gasteiger partial charge in [-0.15, -0.1) is 0 Å². The molecule has 0 unspecified atom stereocenters. The van der Waals surface area contributed by atoms with Crippen LogP contribution in [0.5, 0.6) is 0 Å². The van der Waals surface area contributed by atoms with E-state index in [-0.39, 0.29) is 0 Å². The molecule has 2 aromatic rings. The van der Waals surface area contributed by atoms with Crippen molar-refractivity contribution >= 4 is 12.4 Å². The third kappa shape index (κ3) is 4.28. The van der Waals surface area contributed by atoms with Crippen LogP contribution in [0.3, 0.4) is 0 Å². The van der Waals surface area contributed by atoms with Gasteiger partial charge < -0.3 is 4.79 Å². The third-order valence-corrected chi connectivity index (χ3v) is 3.57. The number of hydrogen-bond acceptors (Lipinski definition) is 1. The first-order chi connectivity index (χ1) is 10.2.